The first kappa shape index (κ1) is 21.8. The maximum atomic E-state index is 12.9. The van der Waals surface area contributed by atoms with Gasteiger partial charge in [0.05, 0.1) is 11.7 Å². The number of amides is 1. The van der Waals surface area contributed by atoms with Crippen molar-refractivity contribution in [3.05, 3.63) is 64.7 Å². The quantitative estimate of drug-likeness (QED) is 0.719. The van der Waals surface area contributed by atoms with Crippen LogP contribution in [0.2, 0.25) is 5.02 Å². The van der Waals surface area contributed by atoms with E-state index in [0.717, 1.165) is 11.3 Å². The Hall–Kier alpha value is -1.89. The molecule has 1 heterocycles. The molecule has 29 heavy (non-hydrogen) atoms. The molecule has 7 heteroatoms. The van der Waals surface area contributed by atoms with Crippen molar-refractivity contribution in [2.24, 2.45) is 5.92 Å². The van der Waals surface area contributed by atoms with Crippen molar-refractivity contribution in [3.63, 3.8) is 0 Å². The van der Waals surface area contributed by atoms with Gasteiger partial charge in [0, 0.05) is 23.8 Å². The second-order valence-electron chi connectivity index (χ2n) is 7.78. The lowest BCUT2D eigenvalue weighted by Crippen LogP contribution is -2.44. The Morgan fingerprint density at radius 2 is 1.86 bits per heavy atom. The van der Waals surface area contributed by atoms with Crippen LogP contribution in [0.4, 0.5) is 5.69 Å². The highest BCUT2D eigenvalue weighted by Gasteiger charge is 2.33. The van der Waals surface area contributed by atoms with Crippen molar-refractivity contribution in [2.45, 2.75) is 38.4 Å². The molecule has 1 amide bonds. The molecule has 0 radical (unpaired) electrons. The number of anilines is 1. The molecule has 1 saturated heterocycles. The molecule has 0 spiro atoms. The summed E-state index contributed by atoms with van der Waals surface area (Å²) in [6.45, 7) is 4.78. The monoisotopic (exact) mass is 434 g/mol. The zero-order valence-electron chi connectivity index (χ0n) is 16.8. The third kappa shape index (κ3) is 5.38. The third-order valence-corrected chi connectivity index (χ3v) is 7.45. The van der Waals surface area contributed by atoms with Crippen LogP contribution in [0.5, 0.6) is 0 Å². The van der Waals surface area contributed by atoms with Gasteiger partial charge in [0.1, 0.15) is 0 Å². The molecule has 0 aliphatic carbocycles. The Balaban J connectivity index is 1.70. The van der Waals surface area contributed by atoms with Gasteiger partial charge in [0.2, 0.25) is 15.9 Å². The highest BCUT2D eigenvalue weighted by molar-refractivity contribution is 7.88. The lowest BCUT2D eigenvalue weighted by atomic mass is 9.97. The van der Waals surface area contributed by atoms with Gasteiger partial charge in [-0.3, -0.25) is 4.79 Å². The number of nitrogens with zero attached hydrogens (tertiary/aromatic N) is 1. The molecule has 1 fully saturated rings. The number of hydrogen-bond acceptors (Lipinski definition) is 3. The molecule has 5 nitrogen and oxygen atoms in total. The zero-order valence-corrected chi connectivity index (χ0v) is 18.3. The smallest absolute Gasteiger partial charge is 0.228 e. The van der Waals surface area contributed by atoms with Crippen LogP contribution < -0.4 is 5.32 Å². The maximum Gasteiger partial charge on any atom is 0.228 e. The summed E-state index contributed by atoms with van der Waals surface area (Å²) in [6, 6.07) is 14.7. The fraction of sp³-hybridized carbons (Fsp3) is 0.409. The minimum Gasteiger partial charge on any atom is -0.326 e. The fourth-order valence-electron chi connectivity index (χ4n) is 3.66. The van der Waals surface area contributed by atoms with Crippen LogP contribution in [-0.2, 0) is 20.6 Å². The topological polar surface area (TPSA) is 66.5 Å². The van der Waals surface area contributed by atoms with Crippen molar-refractivity contribution < 1.29 is 13.2 Å². The van der Waals surface area contributed by atoms with Crippen LogP contribution in [0.25, 0.3) is 0 Å². The maximum absolute atomic E-state index is 12.9. The van der Waals surface area contributed by atoms with Crippen LogP contribution in [-0.4, -0.2) is 31.7 Å². The summed E-state index contributed by atoms with van der Waals surface area (Å²) in [7, 11) is -3.55. The number of para-hydroxylation sites is 1. The molecular weight excluding hydrogens is 408 g/mol. The Morgan fingerprint density at radius 3 is 2.59 bits per heavy atom. The Kier molecular flexibility index (Phi) is 6.98. The van der Waals surface area contributed by atoms with E-state index in [1.807, 2.05) is 24.3 Å². The number of rotatable bonds is 6. The number of halogens is 1. The van der Waals surface area contributed by atoms with Crippen molar-refractivity contribution in [1.29, 1.82) is 0 Å². The van der Waals surface area contributed by atoms with Crippen LogP contribution in [0, 0.1) is 5.92 Å². The van der Waals surface area contributed by atoms with Gasteiger partial charge >= 0.3 is 0 Å². The molecule has 156 valence electrons. The summed E-state index contributed by atoms with van der Waals surface area (Å²) >= 11 is 6.13. The number of carbonyl (C=O) groups excluding carboxylic acids is 1. The van der Waals surface area contributed by atoms with Gasteiger partial charge in [-0.15, -0.1) is 0 Å². The first-order valence-electron chi connectivity index (χ1n) is 9.89. The van der Waals surface area contributed by atoms with E-state index in [1.54, 1.807) is 24.3 Å². The number of benzene rings is 2. The first-order chi connectivity index (χ1) is 13.8. The molecule has 0 bridgehead atoms. The lowest BCUT2D eigenvalue weighted by molar-refractivity contribution is -0.120. The molecule has 1 aliphatic rings. The number of nitrogens with one attached hydrogen (secondary N) is 1. The summed E-state index contributed by atoms with van der Waals surface area (Å²) in [5.74, 6) is -0.372. The minimum absolute atomic E-state index is 0.129. The largest absolute Gasteiger partial charge is 0.326 e. The molecule has 1 atom stereocenters. The summed E-state index contributed by atoms with van der Waals surface area (Å²) in [5, 5.41) is 3.45. The van der Waals surface area contributed by atoms with E-state index in [9.17, 15) is 13.2 Å². The van der Waals surface area contributed by atoms with Crippen molar-refractivity contribution in [3.8, 4) is 0 Å². The van der Waals surface area contributed by atoms with Crippen molar-refractivity contribution in [2.75, 3.05) is 18.4 Å². The molecule has 1 aliphatic heterocycles. The molecule has 2 aromatic rings. The van der Waals surface area contributed by atoms with E-state index < -0.39 is 10.0 Å². The average Bonchev–Trinajstić information content (AvgIpc) is 2.70. The highest BCUT2D eigenvalue weighted by Crippen LogP contribution is 2.27. The predicted octanol–water partition coefficient (Wildman–Crippen LogP) is 4.64. The van der Waals surface area contributed by atoms with Gasteiger partial charge in [0.25, 0.3) is 0 Å². The number of piperidine rings is 1. The molecule has 0 unspecified atom stereocenters. The van der Waals surface area contributed by atoms with E-state index in [0.29, 0.717) is 30.0 Å². The lowest BCUT2D eigenvalue weighted by Gasteiger charge is -2.31. The standard InChI is InChI=1S/C22H27ClN2O3S/c1-16(2)19-10-4-6-12-21(19)24-22(26)17-9-7-13-25(14-17)29(27,28)15-18-8-3-5-11-20(18)23/h3-6,8,10-12,16-17H,7,9,13-15H2,1-2H3,(H,24,26)/t17-/m1/s1. The van der Waals surface area contributed by atoms with Gasteiger partial charge in [-0.1, -0.05) is 61.8 Å². The van der Waals surface area contributed by atoms with Gasteiger partial charge in [-0.2, -0.15) is 0 Å². The van der Waals surface area contributed by atoms with Crippen molar-refractivity contribution >= 4 is 33.2 Å². The van der Waals surface area contributed by atoms with Crippen LogP contribution in [0.3, 0.4) is 0 Å². The molecule has 1 N–H and O–H groups in total. The average molecular weight is 435 g/mol. The molecule has 3 rings (SSSR count). The van der Waals surface area contributed by atoms with Crippen LogP contribution in [0.15, 0.2) is 48.5 Å². The first-order valence-corrected chi connectivity index (χ1v) is 11.9. The minimum atomic E-state index is -3.55. The second-order valence-corrected chi connectivity index (χ2v) is 10.2. The van der Waals surface area contributed by atoms with E-state index in [4.69, 9.17) is 11.6 Å². The van der Waals surface area contributed by atoms with Gasteiger partial charge in [-0.25, -0.2) is 12.7 Å². The molecule has 2 aromatic carbocycles. The van der Waals surface area contributed by atoms with Crippen LogP contribution in [0.1, 0.15) is 43.7 Å². The predicted molar refractivity (Wildman–Crippen MR) is 118 cm³/mol. The summed E-state index contributed by atoms with van der Waals surface area (Å²) in [6.07, 6.45) is 1.33. The van der Waals surface area contributed by atoms with Gasteiger partial charge in [0.15, 0.2) is 0 Å². The SMILES string of the molecule is CC(C)c1ccccc1NC(=O)[C@@H]1CCCN(S(=O)(=O)Cc2ccccc2Cl)C1. The summed E-state index contributed by atoms with van der Waals surface area (Å²) < 4.78 is 27.3. The third-order valence-electron chi connectivity index (χ3n) is 5.28. The van der Waals surface area contributed by atoms with Crippen LogP contribution >= 0.6 is 11.6 Å². The fourth-order valence-corrected chi connectivity index (χ4v) is 5.58. The van der Waals surface area contributed by atoms with E-state index in [-0.39, 0.29) is 30.0 Å². The van der Waals surface area contributed by atoms with Gasteiger partial charge in [-0.05, 0) is 42.0 Å². The Morgan fingerprint density at radius 1 is 1.17 bits per heavy atom. The molecule has 0 saturated carbocycles. The highest BCUT2D eigenvalue weighted by atomic mass is 35.5. The Bertz CT molecular complexity index is 976. The molecular formula is C22H27ClN2O3S. The second kappa shape index (κ2) is 9.28. The number of carbonyl (C=O) groups is 1. The summed E-state index contributed by atoms with van der Waals surface area (Å²) in [5.41, 5.74) is 2.44. The zero-order chi connectivity index (χ0) is 21.0. The Labute approximate surface area is 178 Å². The number of sulfonamides is 1. The van der Waals surface area contributed by atoms with E-state index in [1.165, 1.54) is 4.31 Å². The normalized spacial score (nSPS) is 18.0. The van der Waals surface area contributed by atoms with E-state index >= 15 is 0 Å². The van der Waals surface area contributed by atoms with Gasteiger partial charge < -0.3 is 5.32 Å². The number of hydrogen-bond donors (Lipinski definition) is 1. The van der Waals surface area contributed by atoms with Crippen molar-refractivity contribution in [1.82, 2.24) is 4.31 Å². The van der Waals surface area contributed by atoms with E-state index in [2.05, 4.69) is 19.2 Å². The summed E-state index contributed by atoms with van der Waals surface area (Å²) in [4.78, 5) is 12.9. The molecule has 0 aromatic heterocycles.